The molecule has 6 atom stereocenters. The summed E-state index contributed by atoms with van der Waals surface area (Å²) in [5, 5.41) is 31.5. The number of carboxylic acids is 1. The minimum atomic E-state index is -1.93. The van der Waals surface area contributed by atoms with Crippen LogP contribution < -0.4 is 0 Å². The summed E-state index contributed by atoms with van der Waals surface area (Å²) in [6, 6.07) is 0. The molecule has 0 aromatic carbocycles. The first-order valence-electron chi connectivity index (χ1n) is 29.2. The van der Waals surface area contributed by atoms with Crippen LogP contribution in [0.25, 0.3) is 0 Å². The zero-order valence-corrected chi connectivity index (χ0v) is 47.4. The second-order valence-corrected chi connectivity index (χ2v) is 19.2. The number of hydrogen-bond donors (Lipinski definition) is 3. The Morgan fingerprint density at radius 2 is 0.844 bits per heavy atom. The van der Waals surface area contributed by atoms with E-state index in [9.17, 15) is 34.5 Å². The van der Waals surface area contributed by atoms with Crippen molar-refractivity contribution in [1.29, 1.82) is 0 Å². The Hall–Kier alpha value is -5.14. The number of aliphatic carboxylic acids is 1. The Morgan fingerprint density at radius 1 is 0.442 bits per heavy atom. The molecule has 3 N–H and O–H groups in total. The molecule has 1 aliphatic rings. The van der Waals surface area contributed by atoms with Gasteiger partial charge in [-0.15, -0.1) is 0 Å². The average Bonchev–Trinajstić information content (AvgIpc) is 3.42. The summed E-state index contributed by atoms with van der Waals surface area (Å²) in [6.07, 6.45) is 60.1. The summed E-state index contributed by atoms with van der Waals surface area (Å²) >= 11 is 0. The molecule has 0 aromatic rings. The van der Waals surface area contributed by atoms with Crippen LogP contribution in [0, 0.1) is 0 Å². The smallest absolute Gasteiger partial charge is 0.335 e. The molecular formula is C65H100O12. The maximum Gasteiger partial charge on any atom is 0.335 e. The molecule has 0 aromatic heterocycles. The molecule has 432 valence electrons. The molecule has 0 radical (unpaired) electrons. The summed E-state index contributed by atoms with van der Waals surface area (Å²) in [6.45, 7) is 5.61. The molecule has 0 aliphatic carbocycles. The number of ether oxygens (including phenoxy) is 5. The van der Waals surface area contributed by atoms with Crippen molar-refractivity contribution >= 4 is 23.9 Å². The summed E-state index contributed by atoms with van der Waals surface area (Å²) in [5.74, 6) is -3.33. The lowest BCUT2D eigenvalue weighted by Crippen LogP contribution is -2.61. The van der Waals surface area contributed by atoms with Gasteiger partial charge in [-0.1, -0.05) is 193 Å². The Bertz CT molecular complexity index is 1850. The molecule has 1 aliphatic heterocycles. The van der Waals surface area contributed by atoms with E-state index in [4.69, 9.17) is 23.7 Å². The number of carboxylic acid groups (broad SMARTS) is 1. The molecule has 1 heterocycles. The van der Waals surface area contributed by atoms with Crippen LogP contribution in [-0.4, -0.2) is 89.2 Å². The minimum Gasteiger partial charge on any atom is -0.479 e. The molecule has 12 heteroatoms. The van der Waals surface area contributed by atoms with Gasteiger partial charge in [0.25, 0.3) is 0 Å². The highest BCUT2D eigenvalue weighted by molar-refractivity contribution is 5.74. The van der Waals surface area contributed by atoms with Gasteiger partial charge in [-0.05, 0) is 122 Å². The molecule has 12 nitrogen and oxygen atoms in total. The SMILES string of the molecule is CC/C=C\C/C=C\C/C=C\C/C=C\CCCCC(=O)OCC(COC1OC(C(=O)O)C(O)C(O)C1OC(=O)CCCCCCCC/C=C\C/C=C\C/C=C\CCCCC)OC(=O)CC/C=C\C/C=C\C/C=C\C/C=C\CC. The molecule has 6 unspecified atom stereocenters. The quantitative estimate of drug-likeness (QED) is 0.0228. The number of unbranched alkanes of at least 4 members (excludes halogenated alkanes) is 11. The fourth-order valence-electron chi connectivity index (χ4n) is 7.79. The Labute approximate surface area is 464 Å². The third-order valence-corrected chi connectivity index (χ3v) is 12.2. The number of aliphatic hydroxyl groups is 2. The third-order valence-electron chi connectivity index (χ3n) is 12.2. The molecule has 1 saturated heterocycles. The molecule has 0 amide bonds. The van der Waals surface area contributed by atoms with E-state index < -0.39 is 67.3 Å². The highest BCUT2D eigenvalue weighted by Gasteiger charge is 2.50. The Morgan fingerprint density at radius 3 is 1.32 bits per heavy atom. The number of carbonyl (C=O) groups excluding carboxylic acids is 3. The van der Waals surface area contributed by atoms with Crippen molar-refractivity contribution in [3.05, 3.63) is 134 Å². The van der Waals surface area contributed by atoms with Gasteiger partial charge in [0.2, 0.25) is 0 Å². The number of esters is 3. The van der Waals surface area contributed by atoms with Crippen molar-refractivity contribution in [3.8, 4) is 0 Å². The molecular weight excluding hydrogens is 973 g/mol. The predicted molar refractivity (Wildman–Crippen MR) is 312 cm³/mol. The lowest BCUT2D eigenvalue weighted by Gasteiger charge is -2.40. The van der Waals surface area contributed by atoms with Gasteiger partial charge in [-0.3, -0.25) is 14.4 Å². The van der Waals surface area contributed by atoms with Gasteiger partial charge in [0, 0.05) is 19.3 Å². The van der Waals surface area contributed by atoms with Gasteiger partial charge < -0.3 is 39.0 Å². The summed E-state index contributed by atoms with van der Waals surface area (Å²) in [7, 11) is 0. The van der Waals surface area contributed by atoms with E-state index in [0.717, 1.165) is 116 Å². The third kappa shape index (κ3) is 41.6. The van der Waals surface area contributed by atoms with Crippen LogP contribution in [0.15, 0.2) is 134 Å². The van der Waals surface area contributed by atoms with Gasteiger partial charge in [0.1, 0.15) is 18.8 Å². The first-order valence-corrected chi connectivity index (χ1v) is 29.2. The number of aliphatic hydroxyl groups excluding tert-OH is 2. The lowest BCUT2D eigenvalue weighted by molar-refractivity contribution is -0.301. The van der Waals surface area contributed by atoms with E-state index in [1.165, 1.54) is 19.3 Å². The van der Waals surface area contributed by atoms with E-state index >= 15 is 0 Å². The highest BCUT2D eigenvalue weighted by atomic mass is 16.7. The fraction of sp³-hybridized carbons (Fsp3) is 0.600. The van der Waals surface area contributed by atoms with Crippen LogP contribution in [0.5, 0.6) is 0 Å². The largest absolute Gasteiger partial charge is 0.479 e. The van der Waals surface area contributed by atoms with E-state index in [-0.39, 0.29) is 25.9 Å². The van der Waals surface area contributed by atoms with Gasteiger partial charge in [0.05, 0.1) is 6.61 Å². The zero-order chi connectivity index (χ0) is 56.1. The predicted octanol–water partition coefficient (Wildman–Crippen LogP) is 15.0. The maximum atomic E-state index is 13.1. The number of carbonyl (C=O) groups is 4. The van der Waals surface area contributed by atoms with Crippen LogP contribution in [0.3, 0.4) is 0 Å². The zero-order valence-electron chi connectivity index (χ0n) is 47.4. The van der Waals surface area contributed by atoms with Crippen molar-refractivity contribution < 1.29 is 58.2 Å². The molecule has 1 fully saturated rings. The van der Waals surface area contributed by atoms with Crippen LogP contribution >= 0.6 is 0 Å². The Balaban J connectivity index is 2.75. The van der Waals surface area contributed by atoms with E-state index in [1.54, 1.807) is 0 Å². The van der Waals surface area contributed by atoms with Crippen molar-refractivity contribution in [2.45, 2.75) is 237 Å². The summed E-state index contributed by atoms with van der Waals surface area (Å²) in [5.41, 5.74) is 0. The van der Waals surface area contributed by atoms with Crippen LogP contribution in [0.2, 0.25) is 0 Å². The molecule has 77 heavy (non-hydrogen) atoms. The molecule has 0 spiro atoms. The van der Waals surface area contributed by atoms with Crippen molar-refractivity contribution in [2.75, 3.05) is 13.2 Å². The first kappa shape index (κ1) is 69.9. The molecule has 0 bridgehead atoms. The van der Waals surface area contributed by atoms with E-state index in [1.807, 2.05) is 12.2 Å². The Kier molecular flexibility index (Phi) is 46.8. The summed E-state index contributed by atoms with van der Waals surface area (Å²) < 4.78 is 28.2. The minimum absolute atomic E-state index is 0.0232. The number of rotatable bonds is 47. The van der Waals surface area contributed by atoms with Crippen molar-refractivity contribution in [2.24, 2.45) is 0 Å². The average molecular weight is 1070 g/mol. The van der Waals surface area contributed by atoms with Crippen molar-refractivity contribution in [1.82, 2.24) is 0 Å². The summed E-state index contributed by atoms with van der Waals surface area (Å²) in [4.78, 5) is 51.0. The first-order chi connectivity index (χ1) is 37.6. The van der Waals surface area contributed by atoms with Gasteiger partial charge in [0.15, 0.2) is 24.6 Å². The van der Waals surface area contributed by atoms with E-state index in [0.29, 0.717) is 25.7 Å². The highest BCUT2D eigenvalue weighted by Crippen LogP contribution is 2.26. The van der Waals surface area contributed by atoms with Gasteiger partial charge in [-0.25, -0.2) is 4.79 Å². The monoisotopic (exact) mass is 1070 g/mol. The normalized spacial score (nSPS) is 19.0. The second-order valence-electron chi connectivity index (χ2n) is 19.2. The van der Waals surface area contributed by atoms with Crippen LogP contribution in [0.4, 0.5) is 0 Å². The standard InChI is InChI=1S/C65H100O12/c1-4-7-10-13-16-19-22-25-27-28-29-30-32-35-38-41-44-47-50-53-59(68)76-63-61(70)60(69)62(64(71)72)77-65(63)74-55-56(75-58(67)52-49-46-43-40-37-33-24-21-18-15-12-9-6-3)54-73-57(66)51-48-45-42-39-36-34-31-26-23-20-17-14-11-8-5-2/h8-9,11-12,16-21,25-27,29-31,33,36-37,39,43,46,56,60-63,65,69-70H,4-7,10,13-15,22-24,28,32,34-35,38,40-42,44-45,47-55H2,1-3H3,(H,71,72)/b11-8-,12-9-,19-16-,20-17-,21-18-,27-25-,30-29-,31-26-,37-33-,39-36-,46-43-. The van der Waals surface area contributed by atoms with Gasteiger partial charge in [-0.2, -0.15) is 0 Å². The molecule has 1 rings (SSSR count). The number of hydrogen-bond acceptors (Lipinski definition) is 11. The molecule has 0 saturated carbocycles. The topological polar surface area (TPSA) is 175 Å². The van der Waals surface area contributed by atoms with Crippen LogP contribution in [0.1, 0.15) is 201 Å². The second kappa shape index (κ2) is 51.6. The lowest BCUT2D eigenvalue weighted by atomic mass is 9.98. The van der Waals surface area contributed by atoms with Crippen LogP contribution in [-0.2, 0) is 42.9 Å². The fourth-order valence-corrected chi connectivity index (χ4v) is 7.79. The van der Waals surface area contributed by atoms with Crippen molar-refractivity contribution in [3.63, 3.8) is 0 Å². The van der Waals surface area contributed by atoms with E-state index in [2.05, 4.69) is 142 Å². The maximum absolute atomic E-state index is 13.1. The number of allylic oxidation sites excluding steroid dienone is 22. The van der Waals surface area contributed by atoms with Gasteiger partial charge >= 0.3 is 23.9 Å².